The predicted octanol–water partition coefficient (Wildman–Crippen LogP) is 4.23. The summed E-state index contributed by atoms with van der Waals surface area (Å²) in [4.78, 5) is 22.9. The van der Waals surface area contributed by atoms with Crippen molar-refractivity contribution in [2.75, 3.05) is 0 Å². The highest BCUT2D eigenvalue weighted by Gasteiger charge is 2.25. The van der Waals surface area contributed by atoms with Crippen LogP contribution in [-0.2, 0) is 4.79 Å². The quantitative estimate of drug-likeness (QED) is 0.841. The number of benzene rings is 1. The summed E-state index contributed by atoms with van der Waals surface area (Å²) < 4.78 is 5.71. The van der Waals surface area contributed by atoms with Crippen LogP contribution in [0.3, 0.4) is 0 Å². The van der Waals surface area contributed by atoms with Gasteiger partial charge in [0, 0.05) is 16.7 Å². The highest BCUT2D eigenvalue weighted by Crippen LogP contribution is 2.31. The van der Waals surface area contributed by atoms with Crippen LogP contribution in [0, 0.1) is 6.92 Å². The monoisotopic (exact) mass is 319 g/mol. The molecule has 0 aliphatic carbocycles. The van der Waals surface area contributed by atoms with Crippen molar-refractivity contribution in [3.05, 3.63) is 51.6 Å². The van der Waals surface area contributed by atoms with Gasteiger partial charge in [-0.25, -0.2) is 0 Å². The molecular weight excluding hydrogens is 310 g/mol. The van der Waals surface area contributed by atoms with Gasteiger partial charge >= 0.3 is 0 Å². The Kier molecular flexibility index (Phi) is 3.61. The molecule has 1 fully saturated rings. The molecule has 0 radical (unpaired) electrons. The summed E-state index contributed by atoms with van der Waals surface area (Å²) in [7, 11) is 0. The Morgan fingerprint density at radius 1 is 1.24 bits per heavy atom. The second-order valence-electron chi connectivity index (χ2n) is 4.51. The van der Waals surface area contributed by atoms with Crippen LogP contribution in [0.1, 0.15) is 11.3 Å². The molecule has 0 spiro atoms. The van der Waals surface area contributed by atoms with Crippen molar-refractivity contribution in [2.24, 2.45) is 0 Å². The van der Waals surface area contributed by atoms with Gasteiger partial charge in [-0.2, -0.15) is 0 Å². The number of amides is 2. The molecule has 4 nitrogen and oxygen atoms in total. The lowest BCUT2D eigenvalue weighted by Gasteiger charge is -2.02. The van der Waals surface area contributed by atoms with Crippen LogP contribution in [0.2, 0.25) is 5.02 Å². The minimum Gasteiger partial charge on any atom is -0.457 e. The summed E-state index contributed by atoms with van der Waals surface area (Å²) in [5.41, 5.74) is 1.93. The summed E-state index contributed by atoms with van der Waals surface area (Å²) in [6.45, 7) is 1.96. The number of hydrogen-bond acceptors (Lipinski definition) is 4. The third-order valence-corrected chi connectivity index (χ3v) is 4.05. The van der Waals surface area contributed by atoms with Gasteiger partial charge in [0.15, 0.2) is 0 Å². The van der Waals surface area contributed by atoms with Crippen molar-refractivity contribution in [1.82, 2.24) is 5.32 Å². The average molecular weight is 320 g/mol. The zero-order chi connectivity index (χ0) is 15.0. The van der Waals surface area contributed by atoms with E-state index in [-0.39, 0.29) is 5.24 Å². The van der Waals surface area contributed by atoms with E-state index in [1.807, 2.05) is 31.2 Å². The molecule has 1 aromatic carbocycles. The maximum absolute atomic E-state index is 11.5. The molecule has 0 saturated carbocycles. The van der Waals surface area contributed by atoms with Crippen molar-refractivity contribution in [3.8, 4) is 11.3 Å². The molecule has 3 rings (SSSR count). The van der Waals surface area contributed by atoms with Crippen molar-refractivity contribution in [3.63, 3.8) is 0 Å². The first-order chi connectivity index (χ1) is 10.0. The SMILES string of the molecule is Cc1ccc(Cl)cc1-c1ccc(/C=C2\SC(=O)NC2=O)o1. The summed E-state index contributed by atoms with van der Waals surface area (Å²) in [5.74, 6) is 0.773. The summed E-state index contributed by atoms with van der Waals surface area (Å²) in [6.07, 6.45) is 1.55. The van der Waals surface area contributed by atoms with E-state index in [1.165, 1.54) is 0 Å². The fourth-order valence-corrected chi connectivity index (χ4v) is 2.82. The normalized spacial score (nSPS) is 16.6. The second kappa shape index (κ2) is 5.42. The van der Waals surface area contributed by atoms with Crippen molar-refractivity contribution >= 4 is 40.6 Å². The molecule has 2 amide bonds. The van der Waals surface area contributed by atoms with Crippen LogP contribution < -0.4 is 5.32 Å². The number of aryl methyl sites for hydroxylation is 1. The molecule has 106 valence electrons. The van der Waals surface area contributed by atoms with E-state index in [0.29, 0.717) is 21.4 Å². The maximum Gasteiger partial charge on any atom is 0.290 e. The van der Waals surface area contributed by atoms with Crippen molar-refractivity contribution in [2.45, 2.75) is 6.92 Å². The van der Waals surface area contributed by atoms with Gasteiger partial charge in [0.2, 0.25) is 0 Å². The van der Waals surface area contributed by atoms with Crippen LogP contribution in [0.5, 0.6) is 0 Å². The molecule has 0 unspecified atom stereocenters. The first-order valence-corrected chi connectivity index (χ1v) is 7.33. The highest BCUT2D eigenvalue weighted by molar-refractivity contribution is 8.18. The zero-order valence-corrected chi connectivity index (χ0v) is 12.5. The number of rotatable bonds is 2. The van der Waals surface area contributed by atoms with Gasteiger partial charge in [0.1, 0.15) is 11.5 Å². The zero-order valence-electron chi connectivity index (χ0n) is 11.0. The fraction of sp³-hybridized carbons (Fsp3) is 0.0667. The van der Waals surface area contributed by atoms with Gasteiger partial charge in [-0.1, -0.05) is 17.7 Å². The van der Waals surface area contributed by atoms with Crippen LogP contribution in [0.4, 0.5) is 4.79 Å². The van der Waals surface area contributed by atoms with Crippen LogP contribution in [0.15, 0.2) is 39.7 Å². The third kappa shape index (κ3) is 2.89. The smallest absolute Gasteiger partial charge is 0.290 e. The minimum absolute atomic E-state index is 0.323. The maximum atomic E-state index is 11.5. The first-order valence-electron chi connectivity index (χ1n) is 6.14. The van der Waals surface area contributed by atoms with Gasteiger partial charge in [-0.05, 0) is 48.5 Å². The van der Waals surface area contributed by atoms with E-state index in [4.69, 9.17) is 16.0 Å². The van der Waals surface area contributed by atoms with Crippen LogP contribution in [0.25, 0.3) is 17.4 Å². The Labute approximate surface area is 130 Å². The summed E-state index contributed by atoms with van der Waals surface area (Å²) >= 11 is 6.86. The van der Waals surface area contributed by atoms with Gasteiger partial charge < -0.3 is 4.42 Å². The Morgan fingerprint density at radius 3 is 2.76 bits per heavy atom. The molecule has 0 atom stereocenters. The number of furan rings is 1. The number of hydrogen-bond donors (Lipinski definition) is 1. The summed E-state index contributed by atoms with van der Waals surface area (Å²) in [5, 5.41) is 2.46. The first kappa shape index (κ1) is 14.0. The van der Waals surface area contributed by atoms with E-state index in [9.17, 15) is 9.59 Å². The highest BCUT2D eigenvalue weighted by atomic mass is 35.5. The molecule has 2 aromatic rings. The number of imide groups is 1. The average Bonchev–Trinajstić information content (AvgIpc) is 3.00. The lowest BCUT2D eigenvalue weighted by Crippen LogP contribution is -2.17. The van der Waals surface area contributed by atoms with E-state index in [0.717, 1.165) is 22.9 Å². The molecule has 1 aliphatic rings. The molecule has 21 heavy (non-hydrogen) atoms. The van der Waals surface area contributed by atoms with E-state index in [2.05, 4.69) is 5.32 Å². The number of carbonyl (C=O) groups excluding carboxylic acids is 2. The molecular formula is C15H10ClNO3S. The van der Waals surface area contributed by atoms with Gasteiger partial charge in [0.25, 0.3) is 11.1 Å². The largest absolute Gasteiger partial charge is 0.457 e. The van der Waals surface area contributed by atoms with Crippen LogP contribution >= 0.6 is 23.4 Å². The molecule has 1 saturated heterocycles. The van der Waals surface area contributed by atoms with Gasteiger partial charge in [-0.3, -0.25) is 14.9 Å². The molecule has 1 N–H and O–H groups in total. The van der Waals surface area contributed by atoms with E-state index in [1.54, 1.807) is 12.1 Å². The molecule has 1 aromatic heterocycles. The standard InChI is InChI=1S/C15H10ClNO3S/c1-8-2-3-9(16)6-11(8)12-5-4-10(20-12)7-13-14(18)17-15(19)21-13/h2-7H,1H3,(H,17,18,19)/b13-7-. The molecule has 2 heterocycles. The summed E-state index contributed by atoms with van der Waals surface area (Å²) in [6, 6.07) is 9.12. The third-order valence-electron chi connectivity index (χ3n) is 3.01. The number of nitrogens with one attached hydrogen (secondary N) is 1. The fourth-order valence-electron chi connectivity index (χ4n) is 1.99. The minimum atomic E-state index is -0.401. The lowest BCUT2D eigenvalue weighted by molar-refractivity contribution is -0.115. The Bertz CT molecular complexity index is 779. The van der Waals surface area contributed by atoms with Crippen LogP contribution in [-0.4, -0.2) is 11.1 Å². The Morgan fingerprint density at radius 2 is 2.05 bits per heavy atom. The topological polar surface area (TPSA) is 59.3 Å². The van der Waals surface area contributed by atoms with Gasteiger partial charge in [-0.15, -0.1) is 0 Å². The number of carbonyl (C=O) groups is 2. The molecule has 6 heteroatoms. The van der Waals surface area contributed by atoms with Crippen molar-refractivity contribution < 1.29 is 14.0 Å². The Balaban J connectivity index is 1.94. The second-order valence-corrected chi connectivity index (χ2v) is 5.96. The predicted molar refractivity (Wildman–Crippen MR) is 83.0 cm³/mol. The molecule has 0 bridgehead atoms. The lowest BCUT2D eigenvalue weighted by atomic mass is 10.1. The Hall–Kier alpha value is -1.98. The van der Waals surface area contributed by atoms with E-state index < -0.39 is 5.91 Å². The van der Waals surface area contributed by atoms with E-state index >= 15 is 0 Å². The molecule has 1 aliphatic heterocycles. The van der Waals surface area contributed by atoms with Gasteiger partial charge in [0.05, 0.1) is 4.91 Å². The number of halogens is 1. The number of thioether (sulfide) groups is 1. The van der Waals surface area contributed by atoms with Crippen molar-refractivity contribution in [1.29, 1.82) is 0 Å².